The van der Waals surface area contributed by atoms with E-state index in [-0.39, 0.29) is 11.9 Å². The summed E-state index contributed by atoms with van der Waals surface area (Å²) in [4.78, 5) is 28.3. The van der Waals surface area contributed by atoms with Gasteiger partial charge < -0.3 is 20.4 Å². The number of nitrogens with zero attached hydrogens (tertiary/aromatic N) is 2. The topological polar surface area (TPSA) is 64.7 Å². The zero-order valence-electron chi connectivity index (χ0n) is 14.5. The molecule has 6 heteroatoms. The van der Waals surface area contributed by atoms with Gasteiger partial charge in [-0.1, -0.05) is 26.2 Å². The van der Waals surface area contributed by atoms with Gasteiger partial charge in [0.25, 0.3) is 0 Å². The molecule has 1 heterocycles. The Labute approximate surface area is 140 Å². The Balaban J connectivity index is 1.52. The van der Waals surface area contributed by atoms with E-state index in [4.69, 9.17) is 0 Å². The number of hydrogen-bond acceptors (Lipinski definition) is 3. The van der Waals surface area contributed by atoms with Crippen LogP contribution in [0, 0.1) is 0 Å². The van der Waals surface area contributed by atoms with Gasteiger partial charge >= 0.3 is 6.03 Å². The molecule has 0 unspecified atom stereocenters. The van der Waals surface area contributed by atoms with Gasteiger partial charge in [-0.2, -0.15) is 0 Å². The van der Waals surface area contributed by atoms with Gasteiger partial charge in [-0.15, -0.1) is 0 Å². The van der Waals surface area contributed by atoms with E-state index in [0.717, 1.165) is 45.6 Å². The Bertz CT molecular complexity index is 375. The molecule has 2 N–H and O–H groups in total. The molecule has 0 aromatic rings. The summed E-state index contributed by atoms with van der Waals surface area (Å²) >= 11 is 0. The number of likely N-dealkylation sites (N-methyl/N-ethyl adjacent to an activating group) is 1. The van der Waals surface area contributed by atoms with E-state index < -0.39 is 0 Å². The van der Waals surface area contributed by atoms with Gasteiger partial charge in [-0.05, 0) is 25.8 Å². The number of nitrogens with one attached hydrogen (secondary N) is 2. The molecular weight excluding hydrogens is 292 g/mol. The maximum atomic E-state index is 12.1. The van der Waals surface area contributed by atoms with Crippen LogP contribution in [0.2, 0.25) is 0 Å². The summed E-state index contributed by atoms with van der Waals surface area (Å²) < 4.78 is 0. The van der Waals surface area contributed by atoms with Crippen molar-refractivity contribution in [1.29, 1.82) is 0 Å². The van der Waals surface area contributed by atoms with Gasteiger partial charge in [0.05, 0.1) is 0 Å². The van der Waals surface area contributed by atoms with Crippen LogP contribution in [-0.4, -0.2) is 67.0 Å². The van der Waals surface area contributed by atoms with Crippen LogP contribution in [0.3, 0.4) is 0 Å². The van der Waals surface area contributed by atoms with E-state index in [1.807, 2.05) is 4.90 Å². The molecule has 1 saturated heterocycles. The third-order valence-corrected chi connectivity index (χ3v) is 4.97. The van der Waals surface area contributed by atoms with E-state index in [9.17, 15) is 9.59 Å². The second-order valence-electron chi connectivity index (χ2n) is 6.65. The number of urea groups is 1. The van der Waals surface area contributed by atoms with Crippen LogP contribution in [0.4, 0.5) is 4.79 Å². The quantitative estimate of drug-likeness (QED) is 0.729. The summed E-state index contributed by atoms with van der Waals surface area (Å²) in [6, 6.07) is 0.251. The molecule has 0 bridgehead atoms. The summed E-state index contributed by atoms with van der Waals surface area (Å²) in [6.45, 7) is 7.40. The Morgan fingerprint density at radius 2 is 1.74 bits per heavy atom. The number of carbonyl (C=O) groups excluding carboxylic acids is 2. The van der Waals surface area contributed by atoms with E-state index in [0.29, 0.717) is 25.4 Å². The number of amides is 3. The van der Waals surface area contributed by atoms with Crippen LogP contribution in [0.25, 0.3) is 0 Å². The minimum Gasteiger partial charge on any atom is -0.340 e. The molecular formula is C17H32N4O2. The first kappa shape index (κ1) is 18.0. The number of piperazine rings is 1. The average Bonchev–Trinajstić information content (AvgIpc) is 2.59. The SMILES string of the molecule is CCN1CCN(C(=O)CCCNC(=O)NC2CCCCC2)CC1. The molecule has 132 valence electrons. The van der Waals surface area contributed by atoms with Gasteiger partial charge in [0, 0.05) is 45.2 Å². The van der Waals surface area contributed by atoms with Crippen molar-refractivity contribution in [2.24, 2.45) is 0 Å². The standard InChI is InChI=1S/C17H32N4O2/c1-2-20-11-13-21(14-12-20)16(22)9-6-10-18-17(23)19-15-7-4-3-5-8-15/h15H,2-14H2,1H3,(H2,18,19,23). The molecule has 2 fully saturated rings. The van der Waals surface area contributed by atoms with Crippen molar-refractivity contribution >= 4 is 11.9 Å². The lowest BCUT2D eigenvalue weighted by molar-refractivity contribution is -0.133. The molecule has 2 rings (SSSR count). The largest absolute Gasteiger partial charge is 0.340 e. The smallest absolute Gasteiger partial charge is 0.315 e. The lowest BCUT2D eigenvalue weighted by Crippen LogP contribution is -2.48. The van der Waals surface area contributed by atoms with Gasteiger partial charge in [-0.3, -0.25) is 4.79 Å². The molecule has 1 saturated carbocycles. The minimum atomic E-state index is -0.0825. The lowest BCUT2D eigenvalue weighted by atomic mass is 9.96. The fourth-order valence-electron chi connectivity index (χ4n) is 3.40. The van der Waals surface area contributed by atoms with Crippen LogP contribution in [0.1, 0.15) is 51.9 Å². The predicted molar refractivity (Wildman–Crippen MR) is 91.3 cm³/mol. The van der Waals surface area contributed by atoms with E-state index in [2.05, 4.69) is 22.5 Å². The predicted octanol–water partition coefficient (Wildman–Crippen LogP) is 1.56. The van der Waals surface area contributed by atoms with Gasteiger partial charge in [0.15, 0.2) is 0 Å². The second-order valence-corrected chi connectivity index (χ2v) is 6.65. The van der Waals surface area contributed by atoms with Crippen LogP contribution in [-0.2, 0) is 4.79 Å². The van der Waals surface area contributed by atoms with E-state index >= 15 is 0 Å². The number of carbonyl (C=O) groups is 2. The maximum Gasteiger partial charge on any atom is 0.315 e. The molecule has 0 atom stereocenters. The molecule has 0 aromatic heterocycles. The Morgan fingerprint density at radius 1 is 1.04 bits per heavy atom. The number of rotatable bonds is 6. The van der Waals surface area contributed by atoms with E-state index in [1.54, 1.807) is 0 Å². The second kappa shape index (κ2) is 9.75. The summed E-state index contributed by atoms with van der Waals surface area (Å²) in [7, 11) is 0. The molecule has 0 spiro atoms. The van der Waals surface area contributed by atoms with Crippen molar-refractivity contribution < 1.29 is 9.59 Å². The summed E-state index contributed by atoms with van der Waals surface area (Å²) in [5.41, 5.74) is 0. The van der Waals surface area contributed by atoms with Crippen LogP contribution >= 0.6 is 0 Å². The molecule has 0 aromatic carbocycles. The first-order valence-corrected chi connectivity index (χ1v) is 9.23. The van der Waals surface area contributed by atoms with Crippen molar-refractivity contribution in [3.8, 4) is 0 Å². The molecule has 1 aliphatic heterocycles. The zero-order valence-corrected chi connectivity index (χ0v) is 14.5. The highest BCUT2D eigenvalue weighted by atomic mass is 16.2. The molecule has 1 aliphatic carbocycles. The highest BCUT2D eigenvalue weighted by Gasteiger charge is 2.19. The molecule has 6 nitrogen and oxygen atoms in total. The third kappa shape index (κ3) is 6.37. The van der Waals surface area contributed by atoms with Crippen LogP contribution in [0.15, 0.2) is 0 Å². The van der Waals surface area contributed by atoms with Crippen molar-refractivity contribution in [3.05, 3.63) is 0 Å². The molecule has 3 amide bonds. The van der Waals surface area contributed by atoms with Crippen molar-refractivity contribution in [1.82, 2.24) is 20.4 Å². The van der Waals surface area contributed by atoms with Gasteiger partial charge in [0.1, 0.15) is 0 Å². The first-order valence-electron chi connectivity index (χ1n) is 9.23. The Kier molecular flexibility index (Phi) is 7.65. The van der Waals surface area contributed by atoms with Crippen molar-refractivity contribution in [3.63, 3.8) is 0 Å². The first-order chi connectivity index (χ1) is 11.2. The Morgan fingerprint density at radius 3 is 2.39 bits per heavy atom. The van der Waals surface area contributed by atoms with E-state index in [1.165, 1.54) is 19.3 Å². The fraction of sp³-hybridized carbons (Fsp3) is 0.882. The number of hydrogen-bond donors (Lipinski definition) is 2. The average molecular weight is 324 g/mol. The minimum absolute atomic E-state index is 0.0825. The summed E-state index contributed by atoms with van der Waals surface area (Å²) in [6.07, 6.45) is 7.13. The Hall–Kier alpha value is -1.30. The highest BCUT2D eigenvalue weighted by Crippen LogP contribution is 2.17. The van der Waals surface area contributed by atoms with Crippen LogP contribution in [0.5, 0.6) is 0 Å². The highest BCUT2D eigenvalue weighted by molar-refractivity contribution is 5.76. The fourth-order valence-corrected chi connectivity index (χ4v) is 3.40. The van der Waals surface area contributed by atoms with Gasteiger partial charge in [-0.25, -0.2) is 4.79 Å². The van der Waals surface area contributed by atoms with Crippen molar-refractivity contribution in [2.75, 3.05) is 39.3 Å². The zero-order chi connectivity index (χ0) is 16.5. The molecule has 0 radical (unpaired) electrons. The van der Waals surface area contributed by atoms with Gasteiger partial charge in [0.2, 0.25) is 5.91 Å². The monoisotopic (exact) mass is 324 g/mol. The molecule has 23 heavy (non-hydrogen) atoms. The maximum absolute atomic E-state index is 12.1. The summed E-state index contributed by atoms with van der Waals surface area (Å²) in [5.74, 6) is 0.218. The lowest BCUT2D eigenvalue weighted by Gasteiger charge is -2.34. The van der Waals surface area contributed by atoms with Crippen molar-refractivity contribution in [2.45, 2.75) is 57.9 Å². The molecule has 2 aliphatic rings. The summed E-state index contributed by atoms with van der Waals surface area (Å²) in [5, 5.41) is 5.91. The third-order valence-electron chi connectivity index (χ3n) is 4.97. The normalized spacial score (nSPS) is 20.3. The van der Waals surface area contributed by atoms with Crippen LogP contribution < -0.4 is 10.6 Å².